The molecule has 2 aromatic heterocycles. The van der Waals surface area contributed by atoms with Crippen molar-refractivity contribution in [3.05, 3.63) is 29.0 Å². The van der Waals surface area contributed by atoms with Gasteiger partial charge in [-0.2, -0.15) is 5.10 Å². The lowest BCUT2D eigenvalue weighted by Crippen LogP contribution is -2.39. The second kappa shape index (κ2) is 7.86. The van der Waals surface area contributed by atoms with E-state index in [0.29, 0.717) is 12.5 Å². The summed E-state index contributed by atoms with van der Waals surface area (Å²) in [5, 5.41) is 10.9. The van der Waals surface area contributed by atoms with Gasteiger partial charge < -0.3 is 15.1 Å². The number of nitrogens with one attached hydrogen (secondary N) is 1. The molecule has 25 heavy (non-hydrogen) atoms. The Morgan fingerprint density at radius 3 is 2.96 bits per heavy atom. The first-order valence-corrected chi connectivity index (χ1v) is 9.48. The van der Waals surface area contributed by atoms with Crippen molar-refractivity contribution in [3.63, 3.8) is 0 Å². The number of guanidine groups is 1. The van der Waals surface area contributed by atoms with Crippen LogP contribution in [0.1, 0.15) is 17.7 Å². The molecule has 1 saturated heterocycles. The SMILES string of the molecule is CN=C(NCc1csc(N(C)C)n1)N1CCC(Cc2cnn(C)c2)C1. The smallest absolute Gasteiger partial charge is 0.193 e. The number of nitrogens with zero attached hydrogens (tertiary/aromatic N) is 6. The number of aliphatic imine (C=N–C) groups is 1. The molecule has 7 nitrogen and oxygen atoms in total. The molecule has 0 saturated carbocycles. The maximum atomic E-state index is 4.61. The highest BCUT2D eigenvalue weighted by Gasteiger charge is 2.25. The van der Waals surface area contributed by atoms with Crippen molar-refractivity contribution < 1.29 is 0 Å². The van der Waals surface area contributed by atoms with Crippen molar-refractivity contribution in [3.8, 4) is 0 Å². The van der Waals surface area contributed by atoms with Crippen LogP contribution in [0.15, 0.2) is 22.8 Å². The van der Waals surface area contributed by atoms with Crippen LogP contribution in [0.2, 0.25) is 0 Å². The van der Waals surface area contributed by atoms with Crippen molar-refractivity contribution in [1.82, 2.24) is 25.0 Å². The summed E-state index contributed by atoms with van der Waals surface area (Å²) in [6, 6.07) is 0. The minimum atomic E-state index is 0.655. The molecule has 1 N–H and O–H groups in total. The van der Waals surface area contributed by atoms with Gasteiger partial charge in [0, 0.05) is 52.9 Å². The van der Waals surface area contributed by atoms with Crippen LogP contribution >= 0.6 is 11.3 Å². The third-order valence-corrected chi connectivity index (χ3v) is 5.49. The fourth-order valence-electron chi connectivity index (χ4n) is 3.19. The molecule has 3 heterocycles. The van der Waals surface area contributed by atoms with Gasteiger partial charge in [0.05, 0.1) is 18.4 Å². The van der Waals surface area contributed by atoms with Crippen LogP contribution in [-0.4, -0.2) is 59.9 Å². The van der Waals surface area contributed by atoms with Gasteiger partial charge in [0.2, 0.25) is 0 Å². The van der Waals surface area contributed by atoms with E-state index in [1.165, 1.54) is 12.0 Å². The monoisotopic (exact) mass is 361 g/mol. The topological polar surface area (TPSA) is 61.6 Å². The maximum Gasteiger partial charge on any atom is 0.193 e. The molecular formula is C17H27N7S. The molecule has 0 bridgehead atoms. The minimum absolute atomic E-state index is 0.655. The molecular weight excluding hydrogens is 334 g/mol. The summed E-state index contributed by atoms with van der Waals surface area (Å²) >= 11 is 1.67. The number of hydrogen-bond donors (Lipinski definition) is 1. The van der Waals surface area contributed by atoms with E-state index < -0.39 is 0 Å². The summed E-state index contributed by atoms with van der Waals surface area (Å²) in [7, 11) is 7.85. The summed E-state index contributed by atoms with van der Waals surface area (Å²) in [6.07, 6.45) is 6.36. The summed E-state index contributed by atoms with van der Waals surface area (Å²) in [6.45, 7) is 2.79. The lowest BCUT2D eigenvalue weighted by Gasteiger charge is -2.21. The second-order valence-electron chi connectivity index (χ2n) is 6.74. The van der Waals surface area contributed by atoms with Gasteiger partial charge in [-0.3, -0.25) is 9.67 Å². The third-order valence-electron chi connectivity index (χ3n) is 4.43. The van der Waals surface area contributed by atoms with Gasteiger partial charge in [0.1, 0.15) is 0 Å². The molecule has 0 radical (unpaired) electrons. The normalized spacial score (nSPS) is 18.0. The zero-order chi connectivity index (χ0) is 17.8. The first kappa shape index (κ1) is 17.7. The largest absolute Gasteiger partial charge is 0.354 e. The average Bonchev–Trinajstić information content (AvgIpc) is 3.30. The molecule has 3 rings (SSSR count). The molecule has 1 aliphatic heterocycles. The fourth-order valence-corrected chi connectivity index (χ4v) is 3.95. The number of thiazole rings is 1. The first-order valence-electron chi connectivity index (χ1n) is 8.60. The van der Waals surface area contributed by atoms with E-state index in [9.17, 15) is 0 Å². The van der Waals surface area contributed by atoms with E-state index in [1.807, 2.05) is 44.0 Å². The van der Waals surface area contributed by atoms with Crippen molar-refractivity contribution in [1.29, 1.82) is 0 Å². The van der Waals surface area contributed by atoms with Crippen LogP contribution in [0.4, 0.5) is 5.13 Å². The highest BCUT2D eigenvalue weighted by molar-refractivity contribution is 7.13. The average molecular weight is 362 g/mol. The first-order chi connectivity index (χ1) is 12.0. The Labute approximate surface area is 153 Å². The van der Waals surface area contributed by atoms with Crippen molar-refractivity contribution in [2.45, 2.75) is 19.4 Å². The van der Waals surface area contributed by atoms with Gasteiger partial charge in [-0.25, -0.2) is 4.98 Å². The standard InChI is InChI=1S/C17H27N7S/c1-18-16(19-9-15-12-25-17(21-15)22(2)3)24-6-5-13(11-24)7-14-8-20-23(4)10-14/h8,10,12-13H,5-7,9,11H2,1-4H3,(H,18,19). The second-order valence-corrected chi connectivity index (χ2v) is 7.58. The van der Waals surface area contributed by atoms with Crippen LogP contribution < -0.4 is 10.2 Å². The quantitative estimate of drug-likeness (QED) is 0.647. The minimum Gasteiger partial charge on any atom is -0.354 e. The Bertz CT molecular complexity index is 718. The fraction of sp³-hybridized carbons (Fsp3) is 0.588. The lowest BCUT2D eigenvalue weighted by molar-refractivity contribution is 0.459. The highest BCUT2D eigenvalue weighted by Crippen LogP contribution is 2.21. The Balaban J connectivity index is 1.51. The van der Waals surface area contributed by atoms with Crippen LogP contribution in [0.3, 0.4) is 0 Å². The van der Waals surface area contributed by atoms with Crippen molar-refractivity contribution in [2.24, 2.45) is 18.0 Å². The Morgan fingerprint density at radius 2 is 2.32 bits per heavy atom. The number of hydrogen-bond acceptors (Lipinski definition) is 5. The lowest BCUT2D eigenvalue weighted by atomic mass is 10.0. The molecule has 0 spiro atoms. The zero-order valence-electron chi connectivity index (χ0n) is 15.4. The summed E-state index contributed by atoms with van der Waals surface area (Å²) in [5.74, 6) is 1.62. The number of aromatic nitrogens is 3. The summed E-state index contributed by atoms with van der Waals surface area (Å²) < 4.78 is 1.87. The Kier molecular flexibility index (Phi) is 5.57. The molecule has 0 aliphatic carbocycles. The summed E-state index contributed by atoms with van der Waals surface area (Å²) in [4.78, 5) is 13.4. The number of rotatable bonds is 5. The molecule has 8 heteroatoms. The number of aryl methyl sites for hydroxylation is 1. The van der Waals surface area contributed by atoms with Gasteiger partial charge >= 0.3 is 0 Å². The third kappa shape index (κ3) is 4.50. The van der Waals surface area contributed by atoms with Crippen LogP contribution in [-0.2, 0) is 20.0 Å². The van der Waals surface area contributed by atoms with Crippen molar-refractivity contribution >= 4 is 22.4 Å². The van der Waals surface area contributed by atoms with E-state index in [-0.39, 0.29) is 0 Å². The van der Waals surface area contributed by atoms with E-state index in [1.54, 1.807) is 11.3 Å². The van der Waals surface area contributed by atoms with E-state index in [0.717, 1.165) is 36.3 Å². The molecule has 1 fully saturated rings. The van der Waals surface area contributed by atoms with E-state index in [2.05, 4.69) is 36.9 Å². The zero-order valence-corrected chi connectivity index (χ0v) is 16.3. The predicted octanol–water partition coefficient (Wildman–Crippen LogP) is 1.58. The van der Waals surface area contributed by atoms with Crippen molar-refractivity contribution in [2.75, 3.05) is 39.1 Å². The highest BCUT2D eigenvalue weighted by atomic mass is 32.1. The van der Waals surface area contributed by atoms with Crippen LogP contribution in [0.5, 0.6) is 0 Å². The van der Waals surface area contributed by atoms with Gasteiger partial charge in [-0.15, -0.1) is 11.3 Å². The molecule has 1 atom stereocenters. The molecule has 2 aromatic rings. The van der Waals surface area contributed by atoms with E-state index in [4.69, 9.17) is 0 Å². The van der Waals surface area contributed by atoms with Crippen LogP contribution in [0, 0.1) is 5.92 Å². The Hall–Kier alpha value is -2.09. The van der Waals surface area contributed by atoms with Gasteiger partial charge in [-0.05, 0) is 24.3 Å². The predicted molar refractivity (Wildman–Crippen MR) is 103 cm³/mol. The molecule has 0 aromatic carbocycles. The Morgan fingerprint density at radius 1 is 1.48 bits per heavy atom. The molecule has 1 aliphatic rings. The molecule has 1 unspecified atom stereocenters. The van der Waals surface area contributed by atoms with Gasteiger partial charge in [0.25, 0.3) is 0 Å². The molecule has 0 amide bonds. The van der Waals surface area contributed by atoms with Gasteiger partial charge in [-0.1, -0.05) is 0 Å². The molecule has 136 valence electrons. The number of likely N-dealkylation sites (tertiary alicyclic amines) is 1. The maximum absolute atomic E-state index is 4.61. The van der Waals surface area contributed by atoms with E-state index >= 15 is 0 Å². The number of anilines is 1. The summed E-state index contributed by atoms with van der Waals surface area (Å²) in [5.41, 5.74) is 2.37. The van der Waals surface area contributed by atoms with Crippen LogP contribution in [0.25, 0.3) is 0 Å². The van der Waals surface area contributed by atoms with Gasteiger partial charge in [0.15, 0.2) is 11.1 Å².